The van der Waals surface area contributed by atoms with Crippen LogP contribution in [0, 0.1) is 12.8 Å². The molecule has 2 N–H and O–H groups in total. The molecule has 2 atom stereocenters. The summed E-state index contributed by atoms with van der Waals surface area (Å²) in [5.74, 6) is 0.335. The topological polar surface area (TPSA) is 111 Å². The maximum absolute atomic E-state index is 13.2. The number of carbonyl (C=O) groups is 2. The number of ether oxygens (including phenoxy) is 1. The summed E-state index contributed by atoms with van der Waals surface area (Å²) in [6, 6.07) is 11.9. The van der Waals surface area contributed by atoms with Crippen molar-refractivity contribution >= 4 is 29.4 Å². The number of aryl methyl sites for hydroxylation is 1. The number of amides is 1. The van der Waals surface area contributed by atoms with Crippen molar-refractivity contribution in [1.29, 1.82) is 0 Å². The molecule has 0 spiro atoms. The van der Waals surface area contributed by atoms with E-state index in [1.165, 1.54) is 5.01 Å². The number of anilines is 1. The van der Waals surface area contributed by atoms with E-state index < -0.39 is 24.5 Å². The van der Waals surface area contributed by atoms with Gasteiger partial charge in [0, 0.05) is 11.6 Å². The number of hydrogen-bond donors (Lipinski definition) is 1. The van der Waals surface area contributed by atoms with Gasteiger partial charge in [-0.15, -0.1) is 0 Å². The normalized spacial score (nSPS) is 20.8. The van der Waals surface area contributed by atoms with Gasteiger partial charge in [0.15, 0.2) is 6.61 Å². The number of carbonyl (C=O) groups excluding carboxylic acids is 2. The smallest absolute Gasteiger partial charge is 0.338 e. The lowest BCUT2D eigenvalue weighted by molar-refractivity contribution is -0.137. The standard InChI is InChI=1S/C26H25N3O5/c1-16-9-10-18(14-21(16)27)26(31)34-15-23(30)29-25(22-8-4-12-33-22)20-7-2-5-17(24(20)28-29)13-19-6-3-11-32-19/h3-4,6,8-14,20,25H,2,5,7,15,27H2,1H3. The van der Waals surface area contributed by atoms with Crippen LogP contribution in [0.25, 0.3) is 6.08 Å². The van der Waals surface area contributed by atoms with Gasteiger partial charge in [-0.1, -0.05) is 6.07 Å². The fraction of sp³-hybridized carbons (Fsp3) is 0.269. The van der Waals surface area contributed by atoms with Crippen molar-refractivity contribution in [2.24, 2.45) is 11.0 Å². The Bertz CT molecular complexity index is 1260. The first-order chi connectivity index (χ1) is 16.5. The van der Waals surface area contributed by atoms with Crippen molar-refractivity contribution in [1.82, 2.24) is 5.01 Å². The molecule has 1 fully saturated rings. The van der Waals surface area contributed by atoms with Gasteiger partial charge in [-0.25, -0.2) is 9.80 Å². The first-order valence-corrected chi connectivity index (χ1v) is 11.2. The van der Waals surface area contributed by atoms with E-state index in [4.69, 9.17) is 24.4 Å². The second-order valence-electron chi connectivity index (χ2n) is 8.52. The van der Waals surface area contributed by atoms with Gasteiger partial charge in [0.05, 0.1) is 23.8 Å². The molecular formula is C26H25N3O5. The van der Waals surface area contributed by atoms with E-state index in [-0.39, 0.29) is 5.92 Å². The van der Waals surface area contributed by atoms with Crippen LogP contribution in [0.4, 0.5) is 5.69 Å². The van der Waals surface area contributed by atoms with Crippen LogP contribution in [0.2, 0.25) is 0 Å². The Balaban J connectivity index is 1.38. The summed E-state index contributed by atoms with van der Waals surface area (Å²) in [4.78, 5) is 25.7. The summed E-state index contributed by atoms with van der Waals surface area (Å²) in [5.41, 5.74) is 9.42. The predicted octanol–water partition coefficient (Wildman–Crippen LogP) is 4.74. The van der Waals surface area contributed by atoms with E-state index in [1.54, 1.807) is 36.8 Å². The van der Waals surface area contributed by atoms with Crippen LogP contribution in [0.1, 0.15) is 52.7 Å². The zero-order chi connectivity index (χ0) is 23.7. The number of furan rings is 2. The monoisotopic (exact) mass is 459 g/mol. The molecule has 1 aliphatic carbocycles. The Morgan fingerprint density at radius 1 is 1.21 bits per heavy atom. The Labute approximate surface area is 196 Å². The molecule has 1 aliphatic heterocycles. The van der Waals surface area contributed by atoms with E-state index in [1.807, 2.05) is 31.2 Å². The summed E-state index contributed by atoms with van der Waals surface area (Å²) >= 11 is 0. The molecule has 1 aromatic carbocycles. The van der Waals surface area contributed by atoms with Gasteiger partial charge in [0.25, 0.3) is 5.91 Å². The quantitative estimate of drug-likeness (QED) is 0.436. The molecule has 34 heavy (non-hydrogen) atoms. The highest BCUT2D eigenvalue weighted by Crippen LogP contribution is 2.44. The number of hydrogen-bond acceptors (Lipinski definition) is 7. The van der Waals surface area contributed by atoms with E-state index >= 15 is 0 Å². The van der Waals surface area contributed by atoms with Crippen molar-refractivity contribution in [3.8, 4) is 0 Å². The minimum Gasteiger partial charge on any atom is -0.467 e. The number of nitrogen functional groups attached to an aromatic ring is 1. The molecule has 0 bridgehead atoms. The Kier molecular flexibility index (Phi) is 5.79. The lowest BCUT2D eigenvalue weighted by Gasteiger charge is -2.27. The predicted molar refractivity (Wildman–Crippen MR) is 126 cm³/mol. The summed E-state index contributed by atoms with van der Waals surface area (Å²) in [7, 11) is 0. The van der Waals surface area contributed by atoms with Crippen LogP contribution in [0.15, 0.2) is 74.5 Å². The number of nitrogens with two attached hydrogens (primary N) is 1. The zero-order valence-corrected chi connectivity index (χ0v) is 18.8. The lowest BCUT2D eigenvalue weighted by Crippen LogP contribution is -2.34. The van der Waals surface area contributed by atoms with E-state index in [0.29, 0.717) is 17.0 Å². The minimum absolute atomic E-state index is 0.0161. The maximum atomic E-state index is 13.2. The molecule has 174 valence electrons. The van der Waals surface area contributed by atoms with E-state index in [0.717, 1.165) is 41.9 Å². The Morgan fingerprint density at radius 2 is 2.03 bits per heavy atom. The molecular weight excluding hydrogens is 434 g/mol. The van der Waals surface area contributed by atoms with Gasteiger partial charge in [0.2, 0.25) is 0 Å². The van der Waals surface area contributed by atoms with Crippen LogP contribution in [0.5, 0.6) is 0 Å². The number of esters is 1. The van der Waals surface area contributed by atoms with Crippen LogP contribution in [0.3, 0.4) is 0 Å². The first kappa shape index (κ1) is 21.8. The number of allylic oxidation sites excluding steroid dienone is 1. The van der Waals surface area contributed by atoms with E-state index in [2.05, 4.69) is 0 Å². The Morgan fingerprint density at radius 3 is 2.76 bits per heavy atom. The molecule has 1 amide bonds. The molecule has 0 saturated heterocycles. The largest absolute Gasteiger partial charge is 0.467 e. The SMILES string of the molecule is Cc1ccc(C(=O)OCC(=O)N2N=C3C(=Cc4ccco4)CCCC3C2c2ccco2)cc1N. The average molecular weight is 460 g/mol. The third kappa shape index (κ3) is 4.14. The molecule has 3 aromatic rings. The van der Waals surface area contributed by atoms with Gasteiger partial charge in [-0.2, -0.15) is 5.10 Å². The number of nitrogens with zero attached hydrogens (tertiary/aromatic N) is 2. The highest BCUT2D eigenvalue weighted by Gasteiger charge is 2.45. The van der Waals surface area contributed by atoms with E-state index in [9.17, 15) is 9.59 Å². The van der Waals surface area contributed by atoms with Crippen LogP contribution in [-0.4, -0.2) is 29.2 Å². The van der Waals surface area contributed by atoms with Crippen molar-refractivity contribution in [2.75, 3.05) is 12.3 Å². The molecule has 2 unspecified atom stereocenters. The lowest BCUT2D eigenvalue weighted by atomic mass is 9.79. The number of fused-ring (bicyclic) bond motifs is 1. The van der Waals surface area contributed by atoms with Crippen LogP contribution < -0.4 is 5.73 Å². The average Bonchev–Trinajstić information content (AvgIpc) is 3.60. The fourth-order valence-electron chi connectivity index (χ4n) is 4.53. The molecule has 3 heterocycles. The molecule has 1 saturated carbocycles. The van der Waals surface area contributed by atoms with Gasteiger partial charge < -0.3 is 19.3 Å². The zero-order valence-electron chi connectivity index (χ0n) is 18.8. The van der Waals surface area contributed by atoms with Gasteiger partial charge in [-0.3, -0.25) is 4.79 Å². The van der Waals surface area contributed by atoms with Crippen molar-refractivity contribution in [3.05, 3.63) is 83.2 Å². The van der Waals surface area contributed by atoms with Gasteiger partial charge in [0.1, 0.15) is 17.6 Å². The molecule has 0 radical (unpaired) electrons. The Hall–Kier alpha value is -4.07. The van der Waals surface area contributed by atoms with Gasteiger partial charge >= 0.3 is 5.97 Å². The summed E-state index contributed by atoms with van der Waals surface area (Å²) < 4.78 is 16.5. The highest BCUT2D eigenvalue weighted by atomic mass is 16.5. The molecule has 2 aliphatic rings. The summed E-state index contributed by atoms with van der Waals surface area (Å²) in [6.45, 7) is 1.41. The summed E-state index contributed by atoms with van der Waals surface area (Å²) in [5, 5.41) is 6.10. The molecule has 5 rings (SSSR count). The minimum atomic E-state index is -0.614. The molecule has 8 nitrogen and oxygen atoms in total. The third-order valence-corrected chi connectivity index (χ3v) is 6.29. The second kappa shape index (κ2) is 9.05. The first-order valence-electron chi connectivity index (χ1n) is 11.2. The molecule has 2 aromatic heterocycles. The second-order valence-corrected chi connectivity index (χ2v) is 8.52. The summed E-state index contributed by atoms with van der Waals surface area (Å²) in [6.07, 6.45) is 7.85. The third-order valence-electron chi connectivity index (χ3n) is 6.29. The fourth-order valence-corrected chi connectivity index (χ4v) is 4.53. The van der Waals surface area contributed by atoms with Gasteiger partial charge in [-0.05, 0) is 79.8 Å². The van der Waals surface area contributed by atoms with Crippen molar-refractivity contribution in [3.63, 3.8) is 0 Å². The number of benzene rings is 1. The molecule has 8 heteroatoms. The van der Waals surface area contributed by atoms with Crippen LogP contribution >= 0.6 is 0 Å². The number of hydrazone groups is 1. The number of rotatable bonds is 5. The van der Waals surface area contributed by atoms with Crippen molar-refractivity contribution in [2.45, 2.75) is 32.2 Å². The maximum Gasteiger partial charge on any atom is 0.338 e. The highest BCUT2D eigenvalue weighted by molar-refractivity contribution is 6.08. The van der Waals surface area contributed by atoms with Crippen molar-refractivity contribution < 1.29 is 23.2 Å². The van der Waals surface area contributed by atoms with Crippen LogP contribution in [-0.2, 0) is 9.53 Å².